The van der Waals surface area contributed by atoms with E-state index in [4.69, 9.17) is 10.5 Å². The molecule has 1 aromatic rings. The third-order valence-corrected chi connectivity index (χ3v) is 8.47. The molecular weight excluding hydrogens is 520 g/mol. The molecule has 0 saturated heterocycles. The number of carbonyl (C=O) groups is 4. The molecule has 1 fully saturated rings. The molecule has 0 aromatic heterocycles. The highest BCUT2D eigenvalue weighted by molar-refractivity contribution is 6.24. The molecule has 0 aliphatic heterocycles. The van der Waals surface area contributed by atoms with E-state index in [0.717, 1.165) is 0 Å². The summed E-state index contributed by atoms with van der Waals surface area (Å²) in [5.41, 5.74) is 1.50. The van der Waals surface area contributed by atoms with E-state index in [1.807, 2.05) is 20.8 Å². The van der Waals surface area contributed by atoms with E-state index < -0.39 is 87.0 Å². The SMILES string of the molecule is CCC(=O)O[C@H]1[C@H]2C(=C(O)c3c(ccc(C(C)(C)C)c3O)[C@H]2C)C(=O)[C@]2(O)C(O)=C(C(N)=O)C(=O)[C@@H](N(C)C)[C@H]12. The van der Waals surface area contributed by atoms with Crippen molar-refractivity contribution in [2.75, 3.05) is 14.1 Å². The minimum Gasteiger partial charge on any atom is -0.508 e. The monoisotopic (exact) mass is 556 g/mol. The van der Waals surface area contributed by atoms with Crippen LogP contribution < -0.4 is 5.73 Å². The molecule has 0 unspecified atom stereocenters. The van der Waals surface area contributed by atoms with Crippen molar-refractivity contribution >= 4 is 29.2 Å². The topological polar surface area (TPSA) is 188 Å². The van der Waals surface area contributed by atoms with E-state index in [-0.39, 0.29) is 17.7 Å². The summed E-state index contributed by atoms with van der Waals surface area (Å²) in [6.45, 7) is 8.85. The molecule has 0 bridgehead atoms. The van der Waals surface area contributed by atoms with E-state index >= 15 is 0 Å². The van der Waals surface area contributed by atoms with Gasteiger partial charge >= 0.3 is 5.97 Å². The minimum absolute atomic E-state index is 0.0169. The molecule has 1 aromatic carbocycles. The highest BCUT2D eigenvalue weighted by Crippen LogP contribution is 2.57. The molecule has 6 N–H and O–H groups in total. The van der Waals surface area contributed by atoms with Gasteiger partial charge in [0.15, 0.2) is 11.4 Å². The minimum atomic E-state index is -2.96. The van der Waals surface area contributed by atoms with Gasteiger partial charge in [-0.15, -0.1) is 0 Å². The van der Waals surface area contributed by atoms with Crippen LogP contribution in [0.1, 0.15) is 63.6 Å². The predicted molar refractivity (Wildman–Crippen MR) is 143 cm³/mol. The molecule has 0 heterocycles. The Bertz CT molecular complexity index is 1400. The maximum absolute atomic E-state index is 14.3. The van der Waals surface area contributed by atoms with E-state index in [0.29, 0.717) is 11.1 Å². The van der Waals surface area contributed by atoms with Gasteiger partial charge in [-0.25, -0.2) is 0 Å². The van der Waals surface area contributed by atoms with Crippen molar-refractivity contribution in [2.24, 2.45) is 17.6 Å². The zero-order valence-electron chi connectivity index (χ0n) is 23.6. The van der Waals surface area contributed by atoms with Gasteiger partial charge in [-0.2, -0.15) is 0 Å². The summed E-state index contributed by atoms with van der Waals surface area (Å²) in [5, 5.41) is 46.1. The lowest BCUT2D eigenvalue weighted by Crippen LogP contribution is -2.71. The van der Waals surface area contributed by atoms with Crippen molar-refractivity contribution in [2.45, 2.75) is 70.1 Å². The van der Waals surface area contributed by atoms with Gasteiger partial charge < -0.3 is 30.9 Å². The molecule has 11 nitrogen and oxygen atoms in total. The van der Waals surface area contributed by atoms with Crippen LogP contribution in [0.25, 0.3) is 5.76 Å². The Hall–Kier alpha value is -3.70. The predicted octanol–water partition coefficient (Wildman–Crippen LogP) is 1.75. The van der Waals surface area contributed by atoms with Crippen LogP contribution in [0, 0.1) is 11.8 Å². The fourth-order valence-corrected chi connectivity index (χ4v) is 6.57. The number of rotatable bonds is 4. The number of fused-ring (bicyclic) bond motifs is 3. The number of nitrogens with two attached hydrogens (primary N) is 1. The van der Waals surface area contributed by atoms with Gasteiger partial charge in [-0.1, -0.05) is 46.8 Å². The Morgan fingerprint density at radius 3 is 2.23 bits per heavy atom. The van der Waals surface area contributed by atoms with Crippen molar-refractivity contribution in [1.82, 2.24) is 4.90 Å². The van der Waals surface area contributed by atoms with Crippen LogP contribution >= 0.6 is 0 Å². The lowest BCUT2D eigenvalue weighted by atomic mass is 9.54. The molecule has 0 spiro atoms. The fourth-order valence-electron chi connectivity index (χ4n) is 6.57. The Morgan fingerprint density at radius 2 is 1.73 bits per heavy atom. The third kappa shape index (κ3) is 3.86. The Morgan fingerprint density at radius 1 is 1.12 bits per heavy atom. The first-order valence-electron chi connectivity index (χ1n) is 13.1. The Labute approximate surface area is 231 Å². The molecule has 0 radical (unpaired) electrons. The number of ketones is 2. The first-order valence-corrected chi connectivity index (χ1v) is 13.1. The quantitative estimate of drug-likeness (QED) is 0.270. The highest BCUT2D eigenvalue weighted by atomic mass is 16.5. The average Bonchev–Trinajstić information content (AvgIpc) is 2.84. The van der Waals surface area contributed by atoms with Gasteiger partial charge in [0.05, 0.1) is 17.5 Å². The number of hydrogen-bond acceptors (Lipinski definition) is 10. The smallest absolute Gasteiger partial charge is 0.305 e. The standard InChI is InChI=1S/C29H36N2O9/c1-8-14(32)40-24-15-11(2)12-9-10-13(28(3,4)5)21(33)16(12)22(34)17(15)25(36)29(39)19(24)20(31(6)7)23(35)18(26(29)37)27(30)38/h9-11,15,19-20,24,33-34,37,39H,8H2,1-7H3,(H2,30,38)/t11-,15-,19-,20+,24+,29+/m1/s1. The number of aromatic hydroxyl groups is 1. The zero-order chi connectivity index (χ0) is 30.2. The van der Waals surface area contributed by atoms with Crippen LogP contribution in [0.3, 0.4) is 0 Å². The number of hydrogen-bond donors (Lipinski definition) is 5. The summed E-state index contributed by atoms with van der Waals surface area (Å²) in [4.78, 5) is 54.1. The fraction of sp³-hybridized carbons (Fsp3) is 0.517. The lowest BCUT2D eigenvalue weighted by Gasteiger charge is -2.54. The third-order valence-electron chi connectivity index (χ3n) is 8.47. The van der Waals surface area contributed by atoms with Gasteiger partial charge in [0.1, 0.15) is 28.9 Å². The number of phenols is 1. The molecule has 6 atom stereocenters. The molecule has 1 saturated carbocycles. The molecule has 216 valence electrons. The first-order chi connectivity index (χ1) is 18.4. The Kier molecular flexibility index (Phi) is 6.92. The van der Waals surface area contributed by atoms with Gasteiger partial charge in [0.2, 0.25) is 5.78 Å². The van der Waals surface area contributed by atoms with Gasteiger partial charge in [0, 0.05) is 23.5 Å². The molecule has 4 rings (SSSR count). The van der Waals surface area contributed by atoms with Crippen LogP contribution in [0.4, 0.5) is 0 Å². The van der Waals surface area contributed by atoms with Gasteiger partial charge in [0.25, 0.3) is 5.91 Å². The number of primary amides is 1. The van der Waals surface area contributed by atoms with Crippen molar-refractivity contribution in [3.63, 3.8) is 0 Å². The number of likely N-dealkylation sites (N-methyl/N-ethyl adjacent to an activating group) is 1. The van der Waals surface area contributed by atoms with Crippen LogP contribution in [0.15, 0.2) is 29.0 Å². The number of esters is 1. The van der Waals surface area contributed by atoms with Crippen LogP contribution in [0.2, 0.25) is 0 Å². The second kappa shape index (κ2) is 9.45. The molecule has 40 heavy (non-hydrogen) atoms. The van der Waals surface area contributed by atoms with Gasteiger partial charge in [-0.05, 0) is 31.0 Å². The summed E-state index contributed by atoms with van der Waals surface area (Å²) in [7, 11) is 2.95. The van der Waals surface area contributed by atoms with E-state index in [2.05, 4.69) is 0 Å². The number of amides is 1. The van der Waals surface area contributed by atoms with E-state index in [1.165, 1.54) is 19.0 Å². The van der Waals surface area contributed by atoms with E-state index in [1.54, 1.807) is 26.0 Å². The number of nitrogens with zero attached hydrogens (tertiary/aromatic N) is 1. The molecule has 11 heteroatoms. The normalized spacial score (nSPS) is 30.2. The number of phenolic OH excluding ortho intramolecular Hbond substituents is 1. The average molecular weight is 557 g/mol. The maximum Gasteiger partial charge on any atom is 0.305 e. The summed E-state index contributed by atoms with van der Waals surface area (Å²) in [6, 6.07) is 2.03. The number of ether oxygens (including phenoxy) is 1. The number of carbonyl (C=O) groups excluding carboxylic acids is 4. The first kappa shape index (κ1) is 29.3. The van der Waals surface area contributed by atoms with Gasteiger partial charge in [-0.3, -0.25) is 24.1 Å². The lowest BCUT2D eigenvalue weighted by molar-refractivity contribution is -0.185. The summed E-state index contributed by atoms with van der Waals surface area (Å²) < 4.78 is 5.82. The summed E-state index contributed by atoms with van der Waals surface area (Å²) in [5.74, 6) is -9.65. The van der Waals surface area contributed by atoms with Crippen LogP contribution in [-0.4, -0.2) is 80.6 Å². The van der Waals surface area contributed by atoms with Crippen molar-refractivity contribution in [1.29, 1.82) is 0 Å². The Balaban J connectivity index is 2.13. The maximum atomic E-state index is 14.3. The summed E-state index contributed by atoms with van der Waals surface area (Å²) >= 11 is 0. The highest BCUT2D eigenvalue weighted by Gasteiger charge is 2.69. The van der Waals surface area contributed by atoms with Crippen molar-refractivity contribution < 1.29 is 44.3 Å². The summed E-state index contributed by atoms with van der Waals surface area (Å²) in [6.07, 6.45) is -1.49. The second-order valence-corrected chi connectivity index (χ2v) is 12.0. The number of aliphatic hydroxyl groups excluding tert-OH is 2. The molecule has 3 aliphatic carbocycles. The molecule has 3 aliphatic rings. The number of aliphatic hydroxyl groups is 3. The number of Topliss-reactive ketones (excluding diaryl/α,β-unsaturated/α-hetero) is 2. The van der Waals surface area contributed by atoms with Crippen molar-refractivity contribution in [3.8, 4) is 5.75 Å². The van der Waals surface area contributed by atoms with Crippen LogP contribution in [0.5, 0.6) is 5.75 Å². The zero-order valence-corrected chi connectivity index (χ0v) is 23.6. The van der Waals surface area contributed by atoms with E-state index in [9.17, 15) is 39.6 Å². The van der Waals surface area contributed by atoms with Crippen LogP contribution in [-0.2, 0) is 29.3 Å². The van der Waals surface area contributed by atoms with Crippen molar-refractivity contribution in [3.05, 3.63) is 45.7 Å². The largest absolute Gasteiger partial charge is 0.508 e. The molecule has 1 amide bonds. The molecular formula is C29H36N2O9. The second-order valence-electron chi connectivity index (χ2n) is 12.0. The number of benzene rings is 1.